The van der Waals surface area contributed by atoms with Crippen LogP contribution >= 0.6 is 43.2 Å². The average molecular weight is 1760 g/mol. The number of nitrogens with one attached hydrogen (secondary N) is 22. The van der Waals surface area contributed by atoms with Gasteiger partial charge in [-0.2, -0.15) is 0 Å². The first kappa shape index (κ1) is 99.6. The normalized spacial score (nSPS) is 26.2. The molecule has 5 heterocycles. The number of primary amides is 1. The van der Waals surface area contributed by atoms with Crippen molar-refractivity contribution in [1.29, 1.82) is 16.2 Å². The molecular formula is C69H114N30O17S4. The van der Waals surface area contributed by atoms with E-state index in [-0.39, 0.29) is 114 Å². The van der Waals surface area contributed by atoms with Crippen molar-refractivity contribution in [3.05, 3.63) is 36.4 Å². The number of hydrogen-bond donors (Lipinski definition) is 28. The number of carbonyl (C=O) groups excluding carboxylic acids is 16. The fourth-order valence-corrected chi connectivity index (χ4v) is 16.9. The lowest BCUT2D eigenvalue weighted by atomic mass is 10.0. The number of aliphatic hydroxyl groups is 1. The van der Waals surface area contributed by atoms with Gasteiger partial charge in [-0.3, -0.25) is 92.9 Å². The number of amides is 16. The maximum Gasteiger partial charge on any atom is 0.246 e. The highest BCUT2D eigenvalue weighted by Gasteiger charge is 2.43. The van der Waals surface area contributed by atoms with Crippen LogP contribution in [-0.4, -0.2) is 295 Å². The highest BCUT2D eigenvalue weighted by molar-refractivity contribution is 8.77. The van der Waals surface area contributed by atoms with Crippen LogP contribution in [0.15, 0.2) is 25.0 Å². The SMILES string of the molecule is CC(C)C[C@@H]1NC(=O)[C@H](C)NC(=O)[C@H](CCCNC(=N)N)NC(=O)[C@H](Cc2cnc[nH]2)NC(=O)[C@H](CCCNC(=N)N)NC(=O)[C@H](C)NC(=O)[C@H](CCCNC(=N)N)NC(=O)[C@@H]2CSSC[C@H](NC(=O)CN)C(=O)N[C@@H](CSSC[C@@H](C(N)=O)NC1=O)C(=O)N[C@@H](CO)C(=O)N[C@@H](Cc1cnc[nH]1)C(=O)N1CCC[C@H]1C(=O)N[C@@H](C(C)C)C(=O)N2. The van der Waals surface area contributed by atoms with E-state index >= 15 is 4.79 Å². The van der Waals surface area contributed by atoms with Gasteiger partial charge in [0.1, 0.15) is 90.6 Å². The average Bonchev–Trinajstić information content (AvgIpc) is 1.63. The van der Waals surface area contributed by atoms with Crippen molar-refractivity contribution < 1.29 is 81.8 Å². The third kappa shape index (κ3) is 34.1. The zero-order valence-electron chi connectivity index (χ0n) is 67.3. The predicted molar refractivity (Wildman–Crippen MR) is 445 cm³/mol. The number of aliphatic hydroxyl groups excluding tert-OH is 1. The molecule has 3 aliphatic rings. The second-order valence-electron chi connectivity index (χ2n) is 29.2. The minimum atomic E-state index is -1.87. The predicted octanol–water partition coefficient (Wildman–Crippen LogP) is -9.55. The van der Waals surface area contributed by atoms with E-state index in [1.165, 1.54) is 43.8 Å². The molecule has 120 heavy (non-hydrogen) atoms. The van der Waals surface area contributed by atoms with Crippen LogP contribution in [0, 0.1) is 28.1 Å². The standard InChI is InChI=1S/C69H114N30O17S4/c1-32(2)19-41-58(108)95-45(52(71)102)26-117-119-28-47-63(113)94-44(25-100)60(110)93-43(21-37-24-79-31-84-37)66(116)99-18-10-14-49(99)64(114)98-51(33(3)4)65(115)97-48(29-120-118-27-46(61(111)96-47)87-50(101)22-70)62(112)90-39(12-8-16-81-68(74)75)56(106)85-34(5)53(103)88-40(13-9-17-82-69(76)77)57(107)92-42(20-36-23-78-30-83-36)59(109)89-38(11-7-15-80-67(72)73)55(105)86-35(6)54(104)91-41/h23-24,30-35,38-49,51,100H,7-22,25-29,70H2,1-6H3,(H2,71,102)(H,78,83)(H,79,84)(H,85,106)(H,86,105)(H,87,101)(H,88,103)(H,89,109)(H,90,112)(H,91,104)(H,92,107)(H,93,110)(H,94,113)(H,95,108)(H,96,111)(H,97,115)(H,98,114)(H4,72,73,80)(H4,74,75,81)(H4,76,77,82)/t34-,35-,38-,39-,40-,41-,42-,43-,44-,45-,46-,47-,48-,49-,51-/m0/s1. The molecule has 0 aliphatic carbocycles. The maximum absolute atomic E-state index is 15.1. The van der Waals surface area contributed by atoms with Crippen LogP contribution in [0.2, 0.25) is 0 Å². The first-order valence-corrected chi connectivity index (χ1v) is 43.7. The van der Waals surface area contributed by atoms with Crippen molar-refractivity contribution in [2.75, 3.05) is 62.3 Å². The summed E-state index contributed by atoms with van der Waals surface area (Å²) in [6.45, 7) is 7.22. The molecule has 0 radical (unpaired) electrons. The molecule has 2 bridgehead atoms. The van der Waals surface area contributed by atoms with Crippen LogP contribution in [0.25, 0.3) is 0 Å². The molecule has 16 amide bonds. The van der Waals surface area contributed by atoms with Gasteiger partial charge in [0, 0.05) is 85.8 Å². The lowest BCUT2D eigenvalue weighted by Crippen LogP contribution is -2.62. The number of aromatic nitrogens is 4. The van der Waals surface area contributed by atoms with E-state index < -0.39 is 239 Å². The molecule has 15 atom stereocenters. The summed E-state index contributed by atoms with van der Waals surface area (Å²) in [7, 11) is 3.35. The Balaban J connectivity index is 1.69. The van der Waals surface area contributed by atoms with E-state index in [1.54, 1.807) is 27.7 Å². The molecule has 666 valence electrons. The maximum atomic E-state index is 15.1. The van der Waals surface area contributed by atoms with Gasteiger partial charge < -0.3 is 139 Å². The molecule has 47 nitrogen and oxygen atoms in total. The molecule has 33 N–H and O–H groups in total. The van der Waals surface area contributed by atoms with Gasteiger partial charge in [-0.15, -0.1) is 0 Å². The van der Waals surface area contributed by atoms with Crippen molar-refractivity contribution in [3.63, 3.8) is 0 Å². The fraction of sp³-hybridized carbons (Fsp3) is 0.638. The number of guanidine groups is 3. The van der Waals surface area contributed by atoms with Crippen molar-refractivity contribution in [1.82, 2.24) is 115 Å². The molecule has 3 aliphatic heterocycles. The van der Waals surface area contributed by atoms with E-state index in [4.69, 9.17) is 44.9 Å². The van der Waals surface area contributed by atoms with Crippen molar-refractivity contribution >= 4 is 156 Å². The summed E-state index contributed by atoms with van der Waals surface area (Å²) in [5.74, 6) is -19.8. The number of nitrogens with two attached hydrogens (primary N) is 5. The Morgan fingerprint density at radius 3 is 1.38 bits per heavy atom. The fourth-order valence-electron chi connectivity index (χ4n) is 12.2. The Morgan fingerprint density at radius 2 is 0.917 bits per heavy atom. The Kier molecular flexibility index (Phi) is 42.2. The number of fused-ring (bicyclic) bond motifs is 9. The molecule has 0 saturated carbocycles. The first-order chi connectivity index (χ1) is 56.9. The zero-order valence-corrected chi connectivity index (χ0v) is 70.6. The number of hydrogen-bond acceptors (Lipinski definition) is 27. The molecular weight excluding hydrogens is 1650 g/mol. The van der Waals surface area contributed by atoms with Gasteiger partial charge in [-0.05, 0) is 83.5 Å². The second kappa shape index (κ2) is 50.9. The highest BCUT2D eigenvalue weighted by Crippen LogP contribution is 2.27. The summed E-state index contributed by atoms with van der Waals surface area (Å²) in [4.78, 5) is 247. The lowest BCUT2D eigenvalue weighted by molar-refractivity contribution is -0.143. The second-order valence-corrected chi connectivity index (χ2v) is 34.3. The van der Waals surface area contributed by atoms with Crippen LogP contribution in [0.4, 0.5) is 0 Å². The first-order valence-electron chi connectivity index (χ1n) is 38.7. The summed E-state index contributed by atoms with van der Waals surface area (Å²) in [5.41, 5.74) is 28.9. The summed E-state index contributed by atoms with van der Waals surface area (Å²) < 4.78 is 0. The molecule has 5 rings (SSSR count). The minimum absolute atomic E-state index is 0.00366. The van der Waals surface area contributed by atoms with Crippen LogP contribution < -0.4 is 119 Å². The quantitative estimate of drug-likeness (QED) is 0.0213. The molecule has 2 aromatic rings. The molecule has 3 saturated heterocycles. The Hall–Kier alpha value is -10.9. The monoisotopic (exact) mass is 1760 g/mol. The van der Waals surface area contributed by atoms with Crippen molar-refractivity contribution in [3.8, 4) is 0 Å². The van der Waals surface area contributed by atoms with Crippen LogP contribution in [0.3, 0.4) is 0 Å². The molecule has 0 aromatic carbocycles. The van der Waals surface area contributed by atoms with Crippen LogP contribution in [-0.2, 0) is 89.6 Å². The zero-order chi connectivity index (χ0) is 88.9. The molecule has 0 spiro atoms. The molecule has 3 fully saturated rings. The summed E-state index contributed by atoms with van der Waals surface area (Å²) in [6.07, 6.45) is 4.31. The van der Waals surface area contributed by atoms with Gasteiger partial charge in [0.2, 0.25) is 94.5 Å². The number of imidazole rings is 2. The van der Waals surface area contributed by atoms with Gasteiger partial charge in [-0.25, -0.2) is 9.97 Å². The van der Waals surface area contributed by atoms with Gasteiger partial charge in [0.05, 0.1) is 25.8 Å². The van der Waals surface area contributed by atoms with Crippen LogP contribution in [0.5, 0.6) is 0 Å². The number of H-pyrrole nitrogens is 2. The highest BCUT2D eigenvalue weighted by atomic mass is 33.1. The Bertz CT molecular complexity index is 3890. The Labute approximate surface area is 707 Å². The van der Waals surface area contributed by atoms with Gasteiger partial charge in [-0.1, -0.05) is 70.9 Å². The molecule has 0 unspecified atom stereocenters. The summed E-state index contributed by atoms with van der Waals surface area (Å²) in [6, 6.07) is -23.5. The topological polar surface area (TPSA) is 760 Å². The smallest absolute Gasteiger partial charge is 0.246 e. The Morgan fingerprint density at radius 1 is 0.500 bits per heavy atom. The number of rotatable bonds is 23. The minimum Gasteiger partial charge on any atom is -0.394 e. The van der Waals surface area contributed by atoms with Crippen molar-refractivity contribution in [2.45, 2.75) is 203 Å². The number of carbonyl (C=O) groups is 16. The lowest BCUT2D eigenvalue weighted by Gasteiger charge is -2.31. The summed E-state index contributed by atoms with van der Waals surface area (Å²) in [5, 5.41) is 77.9. The molecule has 51 heteroatoms. The van der Waals surface area contributed by atoms with E-state index in [9.17, 15) is 77.0 Å². The van der Waals surface area contributed by atoms with E-state index in [2.05, 4.69) is 110 Å². The van der Waals surface area contributed by atoms with Crippen molar-refractivity contribution in [2.24, 2.45) is 40.5 Å². The summed E-state index contributed by atoms with van der Waals surface area (Å²) >= 11 is 0. The van der Waals surface area contributed by atoms with Gasteiger partial charge >= 0.3 is 0 Å². The largest absolute Gasteiger partial charge is 0.394 e. The van der Waals surface area contributed by atoms with E-state index in [0.717, 1.165) is 43.2 Å². The van der Waals surface area contributed by atoms with E-state index in [0.29, 0.717) is 5.69 Å². The number of nitrogens with zero attached hydrogens (tertiary/aromatic N) is 3. The third-order valence-electron chi connectivity index (χ3n) is 18.7. The van der Waals surface area contributed by atoms with E-state index in [1.807, 2.05) is 0 Å². The van der Waals surface area contributed by atoms with Crippen LogP contribution in [0.1, 0.15) is 111 Å². The number of aromatic amines is 2. The molecule has 2 aromatic heterocycles. The third-order valence-corrected chi connectivity index (χ3v) is 23.5. The van der Waals surface area contributed by atoms with Gasteiger partial charge in [0.15, 0.2) is 17.9 Å². The van der Waals surface area contributed by atoms with Gasteiger partial charge in [0.25, 0.3) is 0 Å².